The number of carbonyl (C=O) groups is 1. The van der Waals surface area contributed by atoms with Crippen LogP contribution in [0.1, 0.15) is 13.8 Å². The molecule has 136 valence electrons. The Hall–Kier alpha value is -1.83. The highest BCUT2D eigenvalue weighted by molar-refractivity contribution is 9.10. The molecule has 2 aromatic carbocycles. The predicted octanol–water partition coefficient (Wildman–Crippen LogP) is 5.52. The average Bonchev–Trinajstić information content (AvgIpc) is 2.96. The van der Waals surface area contributed by atoms with Crippen LogP contribution in [0.15, 0.2) is 40.9 Å². The second-order valence-electron chi connectivity index (χ2n) is 5.99. The van der Waals surface area contributed by atoms with Gasteiger partial charge in [-0.25, -0.2) is 4.98 Å². The number of carbonyl (C=O) groups excluding carboxylic acids is 1. The summed E-state index contributed by atoms with van der Waals surface area (Å²) < 4.78 is 12.8. The number of hydrogen-bond donors (Lipinski definition) is 1. The molecule has 1 amide bonds. The van der Waals surface area contributed by atoms with Crippen molar-refractivity contribution in [3.8, 4) is 11.5 Å². The Morgan fingerprint density at radius 2 is 1.96 bits per heavy atom. The molecule has 26 heavy (non-hydrogen) atoms. The molecular formula is C18H16BrClN2O3S. The fraction of sp³-hybridized carbons (Fsp3) is 0.222. The molecule has 0 bridgehead atoms. The fourth-order valence-corrected chi connectivity index (χ4v) is 3.60. The topological polar surface area (TPSA) is 60.5 Å². The third-order valence-electron chi connectivity index (χ3n) is 3.62. The summed E-state index contributed by atoms with van der Waals surface area (Å²) in [6.07, 6.45) is 0. The first kappa shape index (κ1) is 18.9. The Morgan fingerprint density at radius 3 is 2.62 bits per heavy atom. The second kappa shape index (κ2) is 7.42. The molecule has 0 saturated carbocycles. The Bertz CT molecular complexity index is 957. The average molecular weight is 456 g/mol. The number of nitrogens with one attached hydrogen (secondary N) is 1. The van der Waals surface area contributed by atoms with Crippen molar-refractivity contribution >= 4 is 60.1 Å². The normalized spacial score (nSPS) is 11.4. The van der Waals surface area contributed by atoms with E-state index in [0.717, 1.165) is 9.17 Å². The molecule has 3 rings (SSSR count). The maximum Gasteiger partial charge on any atom is 0.269 e. The maximum atomic E-state index is 12.6. The first-order chi connectivity index (χ1) is 12.3. The highest BCUT2D eigenvalue weighted by Gasteiger charge is 2.31. The first-order valence-corrected chi connectivity index (χ1v) is 9.67. The zero-order valence-electron chi connectivity index (χ0n) is 14.3. The van der Waals surface area contributed by atoms with E-state index in [2.05, 4.69) is 26.2 Å². The van der Waals surface area contributed by atoms with Crippen molar-refractivity contribution in [1.29, 1.82) is 0 Å². The predicted molar refractivity (Wildman–Crippen MR) is 109 cm³/mol. The summed E-state index contributed by atoms with van der Waals surface area (Å²) in [7, 11) is 1.55. The minimum absolute atomic E-state index is 0.294. The lowest BCUT2D eigenvalue weighted by Gasteiger charge is -2.24. The van der Waals surface area contributed by atoms with Crippen LogP contribution >= 0.6 is 38.9 Å². The third kappa shape index (κ3) is 4.11. The van der Waals surface area contributed by atoms with Crippen LogP contribution < -0.4 is 14.8 Å². The van der Waals surface area contributed by atoms with Crippen molar-refractivity contribution in [3.63, 3.8) is 0 Å². The van der Waals surface area contributed by atoms with E-state index in [-0.39, 0.29) is 5.91 Å². The van der Waals surface area contributed by atoms with Crippen molar-refractivity contribution in [2.45, 2.75) is 19.4 Å². The molecule has 1 heterocycles. The van der Waals surface area contributed by atoms with Gasteiger partial charge in [0.15, 0.2) is 10.7 Å². The molecular weight excluding hydrogens is 440 g/mol. The smallest absolute Gasteiger partial charge is 0.269 e. The number of ether oxygens (including phenoxy) is 2. The van der Waals surface area contributed by atoms with Crippen molar-refractivity contribution in [2.75, 3.05) is 12.4 Å². The minimum atomic E-state index is -1.07. The summed E-state index contributed by atoms with van der Waals surface area (Å²) in [5.74, 6) is 0.881. The molecule has 1 N–H and O–H groups in total. The molecule has 0 radical (unpaired) electrons. The van der Waals surface area contributed by atoms with Crippen LogP contribution in [0.3, 0.4) is 0 Å². The maximum absolute atomic E-state index is 12.6. The van der Waals surface area contributed by atoms with Gasteiger partial charge in [-0.15, -0.1) is 0 Å². The minimum Gasteiger partial charge on any atom is -0.495 e. The first-order valence-electron chi connectivity index (χ1n) is 7.68. The number of methoxy groups -OCH3 is 1. The molecule has 0 aliphatic rings. The van der Waals surface area contributed by atoms with Crippen molar-refractivity contribution in [3.05, 3.63) is 45.9 Å². The second-order valence-corrected chi connectivity index (χ2v) is 8.35. The molecule has 3 aromatic rings. The van der Waals surface area contributed by atoms with Crippen LogP contribution in [-0.2, 0) is 4.79 Å². The fourth-order valence-electron chi connectivity index (χ4n) is 2.23. The van der Waals surface area contributed by atoms with Gasteiger partial charge in [0.05, 0.1) is 22.3 Å². The Labute approximate surface area is 168 Å². The van der Waals surface area contributed by atoms with Gasteiger partial charge in [0, 0.05) is 10.5 Å². The number of amides is 1. The highest BCUT2D eigenvalue weighted by Crippen LogP contribution is 2.34. The molecule has 0 spiro atoms. The van der Waals surface area contributed by atoms with Gasteiger partial charge < -0.3 is 9.47 Å². The Morgan fingerprint density at radius 1 is 1.27 bits per heavy atom. The van der Waals surface area contributed by atoms with Gasteiger partial charge in [0.1, 0.15) is 11.5 Å². The molecule has 0 unspecified atom stereocenters. The zero-order chi connectivity index (χ0) is 18.9. The van der Waals surface area contributed by atoms with E-state index in [1.807, 2.05) is 12.1 Å². The monoisotopic (exact) mass is 454 g/mol. The van der Waals surface area contributed by atoms with E-state index >= 15 is 0 Å². The van der Waals surface area contributed by atoms with E-state index in [0.29, 0.717) is 27.2 Å². The van der Waals surface area contributed by atoms with E-state index < -0.39 is 5.60 Å². The van der Waals surface area contributed by atoms with Gasteiger partial charge in [-0.1, -0.05) is 38.9 Å². The lowest BCUT2D eigenvalue weighted by molar-refractivity contribution is -0.128. The van der Waals surface area contributed by atoms with Gasteiger partial charge in [0.2, 0.25) is 0 Å². The lowest BCUT2D eigenvalue weighted by Crippen LogP contribution is -2.42. The van der Waals surface area contributed by atoms with Crippen LogP contribution in [0.5, 0.6) is 11.5 Å². The van der Waals surface area contributed by atoms with Gasteiger partial charge in [-0.05, 0) is 44.2 Å². The number of rotatable bonds is 5. The van der Waals surface area contributed by atoms with Crippen molar-refractivity contribution in [2.24, 2.45) is 0 Å². The van der Waals surface area contributed by atoms with E-state index in [9.17, 15) is 4.79 Å². The highest BCUT2D eigenvalue weighted by atomic mass is 79.9. The number of nitrogens with zero attached hydrogens (tertiary/aromatic N) is 1. The summed E-state index contributed by atoms with van der Waals surface area (Å²) in [6.45, 7) is 3.41. The van der Waals surface area contributed by atoms with Crippen molar-refractivity contribution < 1.29 is 14.3 Å². The summed E-state index contributed by atoms with van der Waals surface area (Å²) >= 11 is 10.8. The summed E-state index contributed by atoms with van der Waals surface area (Å²) in [5, 5.41) is 3.76. The molecule has 0 saturated heterocycles. The van der Waals surface area contributed by atoms with Gasteiger partial charge >= 0.3 is 0 Å². The number of halogens is 2. The number of anilines is 1. The van der Waals surface area contributed by atoms with Gasteiger partial charge in [-0.2, -0.15) is 0 Å². The van der Waals surface area contributed by atoms with E-state index in [4.69, 9.17) is 21.1 Å². The van der Waals surface area contributed by atoms with Crippen LogP contribution in [0.4, 0.5) is 5.13 Å². The largest absolute Gasteiger partial charge is 0.495 e. The summed E-state index contributed by atoms with van der Waals surface area (Å²) in [4.78, 5) is 17.0. The molecule has 5 nitrogen and oxygen atoms in total. The van der Waals surface area contributed by atoms with Crippen LogP contribution in [0.2, 0.25) is 5.02 Å². The third-order valence-corrected chi connectivity index (χ3v) is 5.37. The molecule has 8 heteroatoms. The van der Waals surface area contributed by atoms with Crippen LogP contribution in [0, 0.1) is 0 Å². The lowest BCUT2D eigenvalue weighted by atomic mass is 10.1. The van der Waals surface area contributed by atoms with E-state index in [1.54, 1.807) is 45.2 Å². The molecule has 0 aliphatic carbocycles. The quantitative estimate of drug-likeness (QED) is 0.550. The Balaban J connectivity index is 1.77. The number of thiazole rings is 1. The molecule has 0 aliphatic heterocycles. The van der Waals surface area contributed by atoms with Crippen molar-refractivity contribution in [1.82, 2.24) is 4.98 Å². The van der Waals surface area contributed by atoms with Crippen LogP contribution in [-0.4, -0.2) is 23.6 Å². The van der Waals surface area contributed by atoms with Crippen LogP contribution in [0.25, 0.3) is 10.2 Å². The molecule has 1 aromatic heterocycles. The number of aromatic nitrogens is 1. The molecule has 0 atom stereocenters. The SMILES string of the molecule is COc1cc2sc(NC(=O)C(C)(C)Oc3ccc(Br)cc3)nc2cc1Cl. The number of benzene rings is 2. The zero-order valence-corrected chi connectivity index (χ0v) is 17.5. The standard InChI is InChI=1S/C18H16BrClN2O3S/c1-18(2,25-11-6-4-10(19)5-7-11)16(23)22-17-21-13-8-12(20)14(24-3)9-15(13)26-17/h4-9H,1-3H3,(H,21,22,23). The van der Waals surface area contributed by atoms with E-state index in [1.165, 1.54) is 11.3 Å². The van der Waals surface area contributed by atoms with Gasteiger partial charge in [-0.3, -0.25) is 10.1 Å². The number of fused-ring (bicyclic) bond motifs is 1. The summed E-state index contributed by atoms with van der Waals surface area (Å²) in [5.41, 5.74) is -0.371. The Kier molecular flexibility index (Phi) is 5.41. The summed E-state index contributed by atoms with van der Waals surface area (Å²) in [6, 6.07) is 10.8. The molecule has 0 fully saturated rings. The van der Waals surface area contributed by atoms with Gasteiger partial charge in [0.25, 0.3) is 5.91 Å². The number of hydrogen-bond acceptors (Lipinski definition) is 5.